The number of piperidine rings is 1. The van der Waals surface area contributed by atoms with Gasteiger partial charge in [0.25, 0.3) is 0 Å². The van der Waals surface area contributed by atoms with Gasteiger partial charge in [-0.25, -0.2) is 4.79 Å². The fourth-order valence-corrected chi connectivity index (χ4v) is 2.80. The Labute approximate surface area is 119 Å². The number of hydrogen-bond donors (Lipinski definition) is 2. The molecule has 0 bridgehead atoms. The van der Waals surface area contributed by atoms with Gasteiger partial charge in [-0.3, -0.25) is 9.69 Å². The number of hydrogen-bond acceptors (Lipinski definition) is 4. The van der Waals surface area contributed by atoms with E-state index >= 15 is 0 Å². The average molecular weight is 284 g/mol. The van der Waals surface area contributed by atoms with Gasteiger partial charge in [0.05, 0.1) is 6.42 Å². The maximum Gasteiger partial charge on any atom is 0.320 e. The van der Waals surface area contributed by atoms with Crippen LogP contribution in [0.1, 0.15) is 19.3 Å². The molecule has 3 N–H and O–H groups in total. The standard InChI is InChI=1S/C13H24N4O3/c14-11-2-1-4-17(10-11)13(20)16-8-6-15(7-9-16)5-3-12(18)19/h11H,1-10,14H2,(H,18,19). The molecule has 0 radical (unpaired) electrons. The molecule has 2 saturated heterocycles. The van der Waals surface area contributed by atoms with Gasteiger partial charge < -0.3 is 20.6 Å². The van der Waals surface area contributed by atoms with Crippen LogP contribution in [-0.4, -0.2) is 83.7 Å². The van der Waals surface area contributed by atoms with E-state index < -0.39 is 5.97 Å². The first-order valence-corrected chi connectivity index (χ1v) is 7.30. The monoisotopic (exact) mass is 284 g/mol. The molecule has 2 aliphatic rings. The molecule has 0 saturated carbocycles. The molecular formula is C13H24N4O3. The average Bonchev–Trinajstić information content (AvgIpc) is 2.45. The number of urea groups is 1. The summed E-state index contributed by atoms with van der Waals surface area (Å²) < 4.78 is 0. The van der Waals surface area contributed by atoms with Crippen molar-refractivity contribution in [3.63, 3.8) is 0 Å². The predicted molar refractivity (Wildman–Crippen MR) is 74.4 cm³/mol. The van der Waals surface area contributed by atoms with E-state index in [1.54, 1.807) is 0 Å². The molecule has 2 amide bonds. The zero-order chi connectivity index (χ0) is 14.5. The molecule has 0 spiro atoms. The number of carboxylic acids is 1. The first kappa shape index (κ1) is 15.1. The molecule has 0 aromatic heterocycles. The van der Waals surface area contributed by atoms with Crippen LogP contribution >= 0.6 is 0 Å². The summed E-state index contributed by atoms with van der Waals surface area (Å²) in [6.07, 6.45) is 2.13. The van der Waals surface area contributed by atoms with Crippen LogP contribution in [0.25, 0.3) is 0 Å². The Bertz CT molecular complexity index is 356. The Hall–Kier alpha value is -1.34. The number of aliphatic carboxylic acids is 1. The maximum atomic E-state index is 12.4. The summed E-state index contributed by atoms with van der Waals surface area (Å²) in [4.78, 5) is 28.7. The maximum absolute atomic E-state index is 12.4. The highest BCUT2D eigenvalue weighted by atomic mass is 16.4. The molecule has 7 heteroatoms. The molecule has 2 rings (SSSR count). The molecule has 114 valence electrons. The van der Waals surface area contributed by atoms with Crippen LogP contribution in [0.2, 0.25) is 0 Å². The zero-order valence-corrected chi connectivity index (χ0v) is 11.8. The highest BCUT2D eigenvalue weighted by molar-refractivity contribution is 5.74. The van der Waals surface area contributed by atoms with Crippen molar-refractivity contribution in [3.8, 4) is 0 Å². The van der Waals surface area contributed by atoms with Crippen molar-refractivity contribution in [1.82, 2.24) is 14.7 Å². The van der Waals surface area contributed by atoms with Crippen molar-refractivity contribution >= 4 is 12.0 Å². The quantitative estimate of drug-likeness (QED) is 0.737. The van der Waals surface area contributed by atoms with Crippen LogP contribution in [0.4, 0.5) is 4.79 Å². The highest BCUT2D eigenvalue weighted by Gasteiger charge is 2.27. The van der Waals surface area contributed by atoms with Crippen LogP contribution in [0.3, 0.4) is 0 Å². The van der Waals surface area contributed by atoms with E-state index in [0.717, 1.165) is 32.5 Å². The summed E-state index contributed by atoms with van der Waals surface area (Å²) in [6.45, 7) is 4.85. The lowest BCUT2D eigenvalue weighted by atomic mass is 10.1. The van der Waals surface area contributed by atoms with Gasteiger partial charge in [0.15, 0.2) is 0 Å². The molecule has 0 aliphatic carbocycles. The third-order valence-corrected chi connectivity index (χ3v) is 4.01. The van der Waals surface area contributed by atoms with Crippen LogP contribution < -0.4 is 5.73 Å². The molecule has 0 aromatic carbocycles. The van der Waals surface area contributed by atoms with E-state index in [-0.39, 0.29) is 18.5 Å². The third kappa shape index (κ3) is 4.08. The number of piperazine rings is 1. The van der Waals surface area contributed by atoms with Crippen molar-refractivity contribution in [2.75, 3.05) is 45.8 Å². The van der Waals surface area contributed by atoms with Crippen LogP contribution in [0.5, 0.6) is 0 Å². The second-order valence-corrected chi connectivity index (χ2v) is 5.60. The van der Waals surface area contributed by atoms with Crippen LogP contribution in [-0.2, 0) is 4.79 Å². The smallest absolute Gasteiger partial charge is 0.320 e. The number of carbonyl (C=O) groups excluding carboxylic acids is 1. The van der Waals surface area contributed by atoms with E-state index in [9.17, 15) is 9.59 Å². The summed E-state index contributed by atoms with van der Waals surface area (Å²) in [6, 6.07) is 0.183. The van der Waals surface area contributed by atoms with Crippen LogP contribution in [0.15, 0.2) is 0 Å². The molecule has 0 aromatic rings. The number of nitrogens with two attached hydrogens (primary N) is 1. The Morgan fingerprint density at radius 2 is 1.80 bits per heavy atom. The van der Waals surface area contributed by atoms with Gasteiger partial charge in [-0.05, 0) is 12.8 Å². The predicted octanol–water partition coefficient (Wildman–Crippen LogP) is -0.378. The lowest BCUT2D eigenvalue weighted by molar-refractivity contribution is -0.137. The lowest BCUT2D eigenvalue weighted by Gasteiger charge is -2.39. The number of carboxylic acid groups (broad SMARTS) is 1. The Morgan fingerprint density at radius 3 is 2.40 bits per heavy atom. The van der Waals surface area contributed by atoms with Crippen molar-refractivity contribution in [3.05, 3.63) is 0 Å². The summed E-state index contributed by atoms with van der Waals surface area (Å²) in [5, 5.41) is 8.67. The summed E-state index contributed by atoms with van der Waals surface area (Å²) >= 11 is 0. The van der Waals surface area contributed by atoms with E-state index in [2.05, 4.69) is 4.90 Å². The minimum absolute atomic E-state index is 0.0815. The van der Waals surface area contributed by atoms with Crippen LogP contribution in [0, 0.1) is 0 Å². The summed E-state index contributed by atoms with van der Waals surface area (Å²) in [5.74, 6) is -0.772. The summed E-state index contributed by atoms with van der Waals surface area (Å²) in [7, 11) is 0. The number of rotatable bonds is 3. The molecule has 1 atom stereocenters. The van der Waals surface area contributed by atoms with Crippen molar-refractivity contribution in [1.29, 1.82) is 0 Å². The van der Waals surface area contributed by atoms with E-state index in [0.29, 0.717) is 26.2 Å². The SMILES string of the molecule is NC1CCCN(C(=O)N2CCN(CCC(=O)O)CC2)C1. The van der Waals surface area contributed by atoms with E-state index in [1.807, 2.05) is 9.80 Å². The highest BCUT2D eigenvalue weighted by Crippen LogP contribution is 2.12. The van der Waals surface area contributed by atoms with Gasteiger partial charge in [-0.15, -0.1) is 0 Å². The molecule has 1 unspecified atom stereocenters. The minimum atomic E-state index is -0.772. The molecule has 2 heterocycles. The molecule has 20 heavy (non-hydrogen) atoms. The normalized spacial score (nSPS) is 24.8. The first-order chi connectivity index (χ1) is 9.56. The topological polar surface area (TPSA) is 90.1 Å². The van der Waals surface area contributed by atoms with Gasteiger partial charge in [0.2, 0.25) is 0 Å². The van der Waals surface area contributed by atoms with Gasteiger partial charge in [0, 0.05) is 51.9 Å². The van der Waals surface area contributed by atoms with Crippen molar-refractivity contribution in [2.45, 2.75) is 25.3 Å². The van der Waals surface area contributed by atoms with Gasteiger partial charge in [-0.2, -0.15) is 0 Å². The Balaban J connectivity index is 1.75. The van der Waals surface area contributed by atoms with Gasteiger partial charge in [-0.1, -0.05) is 0 Å². The zero-order valence-electron chi connectivity index (χ0n) is 11.8. The number of likely N-dealkylation sites (tertiary alicyclic amines) is 1. The van der Waals surface area contributed by atoms with E-state index in [4.69, 9.17) is 10.8 Å². The first-order valence-electron chi connectivity index (χ1n) is 7.30. The third-order valence-electron chi connectivity index (χ3n) is 4.01. The number of carbonyl (C=O) groups is 2. The molecular weight excluding hydrogens is 260 g/mol. The fraction of sp³-hybridized carbons (Fsp3) is 0.846. The largest absolute Gasteiger partial charge is 0.481 e. The van der Waals surface area contributed by atoms with Crippen molar-refractivity contribution in [2.24, 2.45) is 5.73 Å². The Kier molecular flexibility index (Phi) is 5.19. The minimum Gasteiger partial charge on any atom is -0.481 e. The second kappa shape index (κ2) is 6.90. The van der Waals surface area contributed by atoms with Gasteiger partial charge in [0.1, 0.15) is 0 Å². The molecule has 2 fully saturated rings. The Morgan fingerprint density at radius 1 is 1.10 bits per heavy atom. The van der Waals surface area contributed by atoms with Gasteiger partial charge >= 0.3 is 12.0 Å². The van der Waals surface area contributed by atoms with Crippen molar-refractivity contribution < 1.29 is 14.7 Å². The summed E-state index contributed by atoms with van der Waals surface area (Å²) in [5.41, 5.74) is 5.91. The second-order valence-electron chi connectivity index (χ2n) is 5.60. The molecule has 7 nitrogen and oxygen atoms in total. The number of nitrogens with zero attached hydrogens (tertiary/aromatic N) is 3. The molecule has 2 aliphatic heterocycles. The van der Waals surface area contributed by atoms with E-state index in [1.165, 1.54) is 0 Å². The fourth-order valence-electron chi connectivity index (χ4n) is 2.80. The lowest BCUT2D eigenvalue weighted by Crippen LogP contribution is -2.56. The number of amides is 2.